The van der Waals surface area contributed by atoms with Crippen molar-refractivity contribution in [1.29, 1.82) is 5.26 Å². The zero-order valence-electron chi connectivity index (χ0n) is 11.7. The predicted octanol–water partition coefficient (Wildman–Crippen LogP) is 4.23. The van der Waals surface area contributed by atoms with Crippen LogP contribution in [-0.4, -0.2) is 24.8 Å². The van der Waals surface area contributed by atoms with Gasteiger partial charge in [0.15, 0.2) is 0 Å². The van der Waals surface area contributed by atoms with Crippen LogP contribution >= 0.6 is 23.2 Å². The Labute approximate surface area is 134 Å². The lowest BCUT2D eigenvalue weighted by Crippen LogP contribution is -2.36. The number of nitrogens with zero attached hydrogens (tertiary/aromatic N) is 3. The van der Waals surface area contributed by atoms with Crippen LogP contribution in [0.15, 0.2) is 18.2 Å². The highest BCUT2D eigenvalue weighted by Gasteiger charge is 2.23. The number of hydrogen-bond acceptors (Lipinski definition) is 3. The van der Waals surface area contributed by atoms with Gasteiger partial charge in [0.25, 0.3) is 6.71 Å². The molecule has 1 aromatic carbocycles. The number of aromatic nitrogens is 1. The van der Waals surface area contributed by atoms with Crippen molar-refractivity contribution in [2.75, 3.05) is 18.0 Å². The summed E-state index contributed by atoms with van der Waals surface area (Å²) in [5.41, 5.74) is 3.15. The Morgan fingerprint density at radius 1 is 1.24 bits per heavy atom. The molecular formula is C15H14BCl2N3. The largest absolute Gasteiger partial charge is 0.373 e. The van der Waals surface area contributed by atoms with Gasteiger partial charge in [-0.1, -0.05) is 23.2 Å². The summed E-state index contributed by atoms with van der Waals surface area (Å²) < 4.78 is 0. The lowest BCUT2D eigenvalue weighted by Gasteiger charge is -2.31. The number of fused-ring (bicyclic) bond motifs is 1. The van der Waals surface area contributed by atoms with Crippen LogP contribution in [-0.2, 0) is 0 Å². The summed E-state index contributed by atoms with van der Waals surface area (Å²) in [5.74, 6) is 2.36. The van der Waals surface area contributed by atoms with Crippen molar-refractivity contribution in [1.82, 2.24) is 4.98 Å². The van der Waals surface area contributed by atoms with Crippen LogP contribution in [0.25, 0.3) is 10.9 Å². The zero-order valence-corrected chi connectivity index (χ0v) is 13.2. The van der Waals surface area contributed by atoms with Crippen molar-refractivity contribution in [3.8, 4) is 5.97 Å². The molecule has 0 radical (unpaired) electrons. The van der Waals surface area contributed by atoms with Gasteiger partial charge in [0, 0.05) is 30.1 Å². The molecule has 106 valence electrons. The first-order valence-electron chi connectivity index (χ1n) is 6.99. The van der Waals surface area contributed by atoms with E-state index in [0.29, 0.717) is 10.2 Å². The molecule has 0 spiro atoms. The fourth-order valence-electron chi connectivity index (χ4n) is 2.88. The fraction of sp³-hybridized carbons (Fsp3) is 0.333. The normalized spacial score (nSPS) is 15.3. The molecule has 2 aromatic rings. The van der Waals surface area contributed by atoms with Crippen LogP contribution in [0.1, 0.15) is 5.56 Å². The van der Waals surface area contributed by atoms with E-state index in [1.165, 1.54) is 5.69 Å². The highest BCUT2D eigenvalue weighted by molar-refractivity contribution is 6.67. The lowest BCUT2D eigenvalue weighted by molar-refractivity contribution is 0.819. The Kier molecular flexibility index (Phi) is 3.97. The molecule has 0 unspecified atom stereocenters. The van der Waals surface area contributed by atoms with Crippen LogP contribution in [0.2, 0.25) is 22.8 Å². The average Bonchev–Trinajstić information content (AvgIpc) is 2.46. The number of nitriles is 1. The summed E-state index contributed by atoms with van der Waals surface area (Å²) in [7, 11) is 0. The van der Waals surface area contributed by atoms with E-state index in [2.05, 4.69) is 28.8 Å². The minimum atomic E-state index is 0.186. The molecule has 1 aliphatic rings. The van der Waals surface area contributed by atoms with Crippen molar-refractivity contribution in [3.63, 3.8) is 0 Å². The molecule has 1 aliphatic heterocycles. The Hall–Kier alpha value is -1.44. The van der Waals surface area contributed by atoms with E-state index < -0.39 is 0 Å². The maximum Gasteiger partial charge on any atom is 0.271 e. The van der Waals surface area contributed by atoms with Gasteiger partial charge in [0.05, 0.1) is 10.5 Å². The summed E-state index contributed by atoms with van der Waals surface area (Å²) in [6.07, 6.45) is 1.83. The Balaban J connectivity index is 2.00. The van der Waals surface area contributed by atoms with Gasteiger partial charge in [-0.05, 0) is 43.3 Å². The van der Waals surface area contributed by atoms with E-state index in [1.807, 2.05) is 6.07 Å². The minimum absolute atomic E-state index is 0.186. The number of rotatable bonds is 1. The highest BCUT2D eigenvalue weighted by atomic mass is 35.5. The maximum atomic E-state index is 9.00. The monoisotopic (exact) mass is 317 g/mol. The van der Waals surface area contributed by atoms with Crippen LogP contribution in [0.3, 0.4) is 0 Å². The third-order valence-corrected chi connectivity index (χ3v) is 4.57. The zero-order chi connectivity index (χ0) is 15.0. The molecule has 0 bridgehead atoms. The molecule has 3 rings (SSSR count). The second-order valence-corrected chi connectivity index (χ2v) is 6.27. The highest BCUT2D eigenvalue weighted by Crippen LogP contribution is 2.32. The first-order valence-corrected chi connectivity index (χ1v) is 7.75. The van der Waals surface area contributed by atoms with Gasteiger partial charge in [0.1, 0.15) is 5.15 Å². The van der Waals surface area contributed by atoms with Crippen molar-refractivity contribution < 1.29 is 0 Å². The van der Waals surface area contributed by atoms with Crippen molar-refractivity contribution in [3.05, 3.63) is 33.9 Å². The number of hydrogen-bond donors (Lipinski definition) is 0. The summed E-state index contributed by atoms with van der Waals surface area (Å²) >= 11 is 12.2. The second kappa shape index (κ2) is 5.75. The maximum absolute atomic E-state index is 9.00. The second-order valence-electron chi connectivity index (χ2n) is 5.47. The molecule has 3 nitrogen and oxygen atoms in total. The smallest absolute Gasteiger partial charge is 0.271 e. The molecule has 0 saturated carbocycles. The van der Waals surface area contributed by atoms with Gasteiger partial charge in [-0.2, -0.15) is 0 Å². The van der Waals surface area contributed by atoms with E-state index in [1.54, 1.807) is 6.07 Å². The quantitative estimate of drug-likeness (QED) is 0.583. The van der Waals surface area contributed by atoms with Crippen LogP contribution in [0, 0.1) is 18.2 Å². The Bertz CT molecular complexity index is 734. The minimum Gasteiger partial charge on any atom is -0.373 e. The first-order chi connectivity index (χ1) is 10.1. The molecule has 21 heavy (non-hydrogen) atoms. The van der Waals surface area contributed by atoms with E-state index in [9.17, 15) is 0 Å². The van der Waals surface area contributed by atoms with Gasteiger partial charge in [-0.25, -0.2) is 10.2 Å². The average molecular weight is 318 g/mol. The SMILES string of the molecule is Cc1cc2nc(Cl)cc(Cl)c2cc1N1CCB(C#N)CC1. The molecular weight excluding hydrogens is 304 g/mol. The number of aryl methyl sites for hydroxylation is 1. The summed E-state index contributed by atoms with van der Waals surface area (Å²) in [4.78, 5) is 6.66. The fourth-order valence-corrected chi connectivity index (χ4v) is 3.40. The van der Waals surface area contributed by atoms with Gasteiger partial charge in [-0.3, -0.25) is 0 Å². The van der Waals surface area contributed by atoms with Gasteiger partial charge >= 0.3 is 0 Å². The molecule has 0 amide bonds. The third kappa shape index (κ3) is 2.81. The molecule has 2 heterocycles. The van der Waals surface area contributed by atoms with E-state index in [4.69, 9.17) is 28.5 Å². The number of halogens is 2. The standard InChI is InChI=1S/C15H14BCl2N3/c1-10-6-13-11(12(17)8-15(18)20-13)7-14(10)21-4-2-16(9-19)3-5-21/h6-8H,2-5H2,1H3. The summed E-state index contributed by atoms with van der Waals surface area (Å²) in [5, 5.41) is 11.0. The first kappa shape index (κ1) is 14.5. The molecule has 1 saturated heterocycles. The number of pyridine rings is 1. The molecule has 0 aliphatic carbocycles. The lowest BCUT2D eigenvalue weighted by atomic mass is 9.45. The van der Waals surface area contributed by atoms with Crippen molar-refractivity contribution >= 4 is 46.5 Å². The molecule has 0 atom stereocenters. The number of benzene rings is 1. The molecule has 1 aromatic heterocycles. The van der Waals surface area contributed by atoms with E-state index >= 15 is 0 Å². The van der Waals surface area contributed by atoms with Crippen LogP contribution < -0.4 is 4.90 Å². The Morgan fingerprint density at radius 3 is 2.62 bits per heavy atom. The molecule has 6 heteroatoms. The predicted molar refractivity (Wildman–Crippen MR) is 89.7 cm³/mol. The van der Waals surface area contributed by atoms with E-state index in [0.717, 1.165) is 42.2 Å². The van der Waals surface area contributed by atoms with Gasteiger partial charge in [0.2, 0.25) is 0 Å². The number of anilines is 1. The van der Waals surface area contributed by atoms with Crippen LogP contribution in [0.5, 0.6) is 0 Å². The van der Waals surface area contributed by atoms with E-state index in [-0.39, 0.29) is 6.71 Å². The molecule has 1 fully saturated rings. The third-order valence-electron chi connectivity index (χ3n) is 4.06. The Morgan fingerprint density at radius 2 is 1.95 bits per heavy atom. The molecule has 0 N–H and O–H groups in total. The summed E-state index contributed by atoms with van der Waals surface area (Å²) in [6.45, 7) is 4.07. The van der Waals surface area contributed by atoms with Crippen molar-refractivity contribution in [2.45, 2.75) is 19.6 Å². The summed E-state index contributed by atoms with van der Waals surface area (Å²) in [6, 6.07) is 5.79. The van der Waals surface area contributed by atoms with Gasteiger partial charge in [-0.15, -0.1) is 0 Å². The van der Waals surface area contributed by atoms with Gasteiger partial charge < -0.3 is 4.90 Å². The van der Waals surface area contributed by atoms with Crippen molar-refractivity contribution in [2.24, 2.45) is 0 Å². The topological polar surface area (TPSA) is 39.9 Å². The van der Waals surface area contributed by atoms with Crippen LogP contribution in [0.4, 0.5) is 5.69 Å².